The molecule has 1 fully saturated rings. The van der Waals surface area contributed by atoms with Crippen molar-refractivity contribution in [1.29, 1.82) is 0 Å². The third-order valence-electron chi connectivity index (χ3n) is 5.41. The predicted molar refractivity (Wildman–Crippen MR) is 125 cm³/mol. The van der Waals surface area contributed by atoms with Crippen LogP contribution in [0.1, 0.15) is 18.4 Å². The molecule has 0 atom stereocenters. The average molecular weight is 451 g/mol. The summed E-state index contributed by atoms with van der Waals surface area (Å²) >= 11 is 5.97. The molecule has 2 amide bonds. The number of para-hydroxylation sites is 2. The largest absolute Gasteiger partial charge is 0.493 e. The number of carbonyl (C=O) groups is 2. The van der Waals surface area contributed by atoms with Gasteiger partial charge in [-0.25, -0.2) is 0 Å². The van der Waals surface area contributed by atoms with Gasteiger partial charge in [0.1, 0.15) is 0 Å². The summed E-state index contributed by atoms with van der Waals surface area (Å²) < 4.78 is 10.8. The minimum Gasteiger partial charge on any atom is -0.493 e. The summed E-state index contributed by atoms with van der Waals surface area (Å²) in [7, 11) is 1.54. The lowest BCUT2D eigenvalue weighted by Gasteiger charge is -2.16. The zero-order chi connectivity index (χ0) is 22.6. The number of nitrogens with one attached hydrogen (secondary N) is 2. The van der Waals surface area contributed by atoms with Crippen LogP contribution in [-0.2, 0) is 15.0 Å². The Hall–Kier alpha value is -3.51. The molecule has 3 aromatic rings. The first-order chi connectivity index (χ1) is 15.5. The maximum absolute atomic E-state index is 13.0. The SMILES string of the molecule is COc1ccccc1OCC(=O)Nc1cccc(NC(=O)C2(c3ccc(Cl)cc3)CC2)c1. The molecule has 1 aliphatic rings. The van der Waals surface area contributed by atoms with Crippen molar-refractivity contribution in [3.05, 3.63) is 83.4 Å². The topological polar surface area (TPSA) is 76.7 Å². The number of halogens is 1. The standard InChI is InChI=1S/C25H23ClN2O4/c1-31-21-7-2-3-8-22(21)32-16-23(29)27-19-5-4-6-20(15-19)28-24(30)25(13-14-25)17-9-11-18(26)12-10-17/h2-12,15H,13-14,16H2,1H3,(H,27,29)(H,28,30). The molecule has 0 spiro atoms. The third-order valence-corrected chi connectivity index (χ3v) is 5.67. The van der Waals surface area contributed by atoms with E-state index in [4.69, 9.17) is 21.1 Å². The second-order valence-electron chi connectivity index (χ2n) is 7.61. The zero-order valence-electron chi connectivity index (χ0n) is 17.6. The summed E-state index contributed by atoms with van der Waals surface area (Å²) in [4.78, 5) is 25.3. The van der Waals surface area contributed by atoms with E-state index in [0.717, 1.165) is 18.4 Å². The van der Waals surface area contributed by atoms with Crippen molar-refractivity contribution in [2.24, 2.45) is 0 Å². The summed E-state index contributed by atoms with van der Waals surface area (Å²) in [6.45, 7) is -0.170. The van der Waals surface area contributed by atoms with Crippen molar-refractivity contribution < 1.29 is 19.1 Å². The molecule has 1 aliphatic carbocycles. The molecule has 0 aliphatic heterocycles. The van der Waals surface area contributed by atoms with Crippen molar-refractivity contribution in [1.82, 2.24) is 0 Å². The monoisotopic (exact) mass is 450 g/mol. The molecule has 3 aromatic carbocycles. The van der Waals surface area contributed by atoms with E-state index in [1.165, 1.54) is 0 Å². The lowest BCUT2D eigenvalue weighted by atomic mass is 9.95. The van der Waals surface area contributed by atoms with Crippen molar-refractivity contribution in [2.75, 3.05) is 24.4 Å². The van der Waals surface area contributed by atoms with Gasteiger partial charge in [0, 0.05) is 16.4 Å². The Morgan fingerprint density at radius 2 is 1.56 bits per heavy atom. The Labute approximate surface area is 191 Å². The van der Waals surface area contributed by atoms with Gasteiger partial charge in [-0.15, -0.1) is 0 Å². The van der Waals surface area contributed by atoms with Gasteiger partial charge in [-0.3, -0.25) is 9.59 Å². The van der Waals surface area contributed by atoms with Gasteiger partial charge < -0.3 is 20.1 Å². The minimum absolute atomic E-state index is 0.0668. The van der Waals surface area contributed by atoms with Gasteiger partial charge >= 0.3 is 0 Å². The van der Waals surface area contributed by atoms with Crippen molar-refractivity contribution in [3.63, 3.8) is 0 Å². The first-order valence-electron chi connectivity index (χ1n) is 10.2. The highest BCUT2D eigenvalue weighted by Gasteiger charge is 2.51. The molecule has 0 saturated heterocycles. The molecule has 0 heterocycles. The number of hydrogen-bond donors (Lipinski definition) is 2. The summed E-state index contributed by atoms with van der Waals surface area (Å²) in [5, 5.41) is 6.40. The van der Waals surface area contributed by atoms with E-state index in [1.807, 2.05) is 18.2 Å². The van der Waals surface area contributed by atoms with Crippen LogP contribution in [0, 0.1) is 0 Å². The molecular formula is C25H23ClN2O4. The predicted octanol–water partition coefficient (Wildman–Crippen LogP) is 5.04. The molecule has 4 rings (SSSR count). The van der Waals surface area contributed by atoms with E-state index < -0.39 is 5.41 Å². The molecule has 0 aromatic heterocycles. The maximum Gasteiger partial charge on any atom is 0.262 e. The molecule has 1 saturated carbocycles. The first kappa shape index (κ1) is 21.7. The Morgan fingerprint density at radius 1 is 0.906 bits per heavy atom. The van der Waals surface area contributed by atoms with Crippen LogP contribution in [-0.4, -0.2) is 25.5 Å². The Morgan fingerprint density at radius 3 is 2.22 bits per heavy atom. The van der Waals surface area contributed by atoms with Crippen LogP contribution in [0.3, 0.4) is 0 Å². The normalized spacial score (nSPS) is 13.7. The molecule has 0 unspecified atom stereocenters. The van der Waals surface area contributed by atoms with Gasteiger partial charge in [0.15, 0.2) is 18.1 Å². The highest BCUT2D eigenvalue weighted by molar-refractivity contribution is 6.30. The molecule has 7 heteroatoms. The summed E-state index contributed by atoms with van der Waals surface area (Å²) in [6, 6.07) is 21.5. The number of methoxy groups -OCH3 is 1. The van der Waals surface area contributed by atoms with Crippen LogP contribution in [0.4, 0.5) is 11.4 Å². The van der Waals surface area contributed by atoms with E-state index in [1.54, 1.807) is 61.7 Å². The molecule has 164 valence electrons. The third kappa shape index (κ3) is 4.86. The van der Waals surface area contributed by atoms with Gasteiger partial charge in [0.25, 0.3) is 5.91 Å². The van der Waals surface area contributed by atoms with Crippen molar-refractivity contribution >= 4 is 34.8 Å². The molecule has 0 bridgehead atoms. The van der Waals surface area contributed by atoms with Crippen molar-refractivity contribution in [3.8, 4) is 11.5 Å². The quantitative estimate of drug-likeness (QED) is 0.504. The Balaban J connectivity index is 1.36. The summed E-state index contributed by atoms with van der Waals surface area (Å²) in [5.74, 6) is 0.657. The van der Waals surface area contributed by atoms with Gasteiger partial charge in [0.2, 0.25) is 5.91 Å². The molecular weight excluding hydrogens is 428 g/mol. The lowest BCUT2D eigenvalue weighted by Crippen LogP contribution is -2.27. The fourth-order valence-corrected chi connectivity index (χ4v) is 3.67. The maximum atomic E-state index is 13.0. The van der Waals surface area contributed by atoms with Gasteiger partial charge in [-0.2, -0.15) is 0 Å². The smallest absolute Gasteiger partial charge is 0.262 e. The fraction of sp³-hybridized carbons (Fsp3) is 0.200. The summed E-state index contributed by atoms with van der Waals surface area (Å²) in [5.41, 5.74) is 1.61. The van der Waals surface area contributed by atoms with Crippen LogP contribution < -0.4 is 20.1 Å². The number of rotatable bonds is 8. The molecule has 0 radical (unpaired) electrons. The number of hydrogen-bond acceptors (Lipinski definition) is 4. The summed E-state index contributed by atoms with van der Waals surface area (Å²) in [6.07, 6.45) is 1.58. The van der Waals surface area contributed by atoms with E-state index in [-0.39, 0.29) is 18.4 Å². The van der Waals surface area contributed by atoms with Crippen LogP contribution >= 0.6 is 11.6 Å². The average Bonchev–Trinajstić information content (AvgIpc) is 3.61. The lowest BCUT2D eigenvalue weighted by molar-refractivity contribution is -0.119. The number of carbonyl (C=O) groups excluding carboxylic acids is 2. The Kier molecular flexibility index (Phi) is 6.32. The van der Waals surface area contributed by atoms with Crippen LogP contribution in [0.25, 0.3) is 0 Å². The highest BCUT2D eigenvalue weighted by Crippen LogP contribution is 2.49. The number of ether oxygens (including phenoxy) is 2. The van der Waals surface area contributed by atoms with Crippen LogP contribution in [0.5, 0.6) is 11.5 Å². The molecule has 6 nitrogen and oxygen atoms in total. The second kappa shape index (κ2) is 9.32. The van der Waals surface area contributed by atoms with Crippen LogP contribution in [0.2, 0.25) is 5.02 Å². The second-order valence-corrected chi connectivity index (χ2v) is 8.05. The fourth-order valence-electron chi connectivity index (χ4n) is 3.54. The Bertz CT molecular complexity index is 1130. The van der Waals surface area contributed by atoms with Gasteiger partial charge in [-0.1, -0.05) is 41.9 Å². The van der Waals surface area contributed by atoms with Crippen LogP contribution in [0.15, 0.2) is 72.8 Å². The van der Waals surface area contributed by atoms with E-state index >= 15 is 0 Å². The van der Waals surface area contributed by atoms with Gasteiger partial charge in [0.05, 0.1) is 12.5 Å². The number of anilines is 2. The highest BCUT2D eigenvalue weighted by atomic mass is 35.5. The van der Waals surface area contributed by atoms with Gasteiger partial charge in [-0.05, 0) is 60.9 Å². The molecule has 32 heavy (non-hydrogen) atoms. The minimum atomic E-state index is -0.521. The van der Waals surface area contributed by atoms with E-state index in [0.29, 0.717) is 27.9 Å². The first-order valence-corrected chi connectivity index (χ1v) is 10.6. The van der Waals surface area contributed by atoms with E-state index in [2.05, 4.69) is 10.6 Å². The van der Waals surface area contributed by atoms with Crippen molar-refractivity contribution in [2.45, 2.75) is 18.3 Å². The zero-order valence-corrected chi connectivity index (χ0v) is 18.3. The molecule has 2 N–H and O–H groups in total. The van der Waals surface area contributed by atoms with E-state index in [9.17, 15) is 9.59 Å². The number of amides is 2. The number of benzene rings is 3.